The van der Waals surface area contributed by atoms with Crippen LogP contribution in [-0.4, -0.2) is 33.8 Å². The third-order valence-corrected chi connectivity index (χ3v) is 4.08. The van der Waals surface area contributed by atoms with Gasteiger partial charge in [-0.3, -0.25) is 10.1 Å². The lowest BCUT2D eigenvalue weighted by Crippen LogP contribution is -2.27. The maximum Gasteiger partial charge on any atom is 0.229 e. The molecular formula is C14H25N5O. The Kier molecular flexibility index (Phi) is 5.11. The summed E-state index contributed by atoms with van der Waals surface area (Å²) in [4.78, 5) is 16.6. The number of rotatable bonds is 5. The molecule has 0 saturated carbocycles. The van der Waals surface area contributed by atoms with E-state index in [1.807, 2.05) is 20.9 Å². The molecule has 1 aliphatic rings. The lowest BCUT2D eigenvalue weighted by Gasteiger charge is -2.19. The van der Waals surface area contributed by atoms with Gasteiger partial charge in [0.05, 0.1) is 0 Å². The molecule has 1 aromatic rings. The van der Waals surface area contributed by atoms with Crippen LogP contribution in [0.1, 0.15) is 51.3 Å². The van der Waals surface area contributed by atoms with Gasteiger partial charge in [-0.05, 0) is 38.8 Å². The van der Waals surface area contributed by atoms with Crippen molar-refractivity contribution in [3.8, 4) is 0 Å². The number of carbonyl (C=O) groups is 1. The topological polar surface area (TPSA) is 71.8 Å². The summed E-state index contributed by atoms with van der Waals surface area (Å²) in [6.45, 7) is 6.09. The molecule has 0 aromatic carbocycles. The first-order valence-corrected chi connectivity index (χ1v) is 7.58. The van der Waals surface area contributed by atoms with Crippen LogP contribution in [0.5, 0.6) is 0 Å². The normalized spacial score (nSPS) is 16.6. The zero-order valence-electron chi connectivity index (χ0n) is 12.6. The molecular weight excluding hydrogens is 254 g/mol. The minimum atomic E-state index is 0.0439. The van der Waals surface area contributed by atoms with Crippen LogP contribution >= 0.6 is 0 Å². The van der Waals surface area contributed by atoms with Crippen molar-refractivity contribution in [3.63, 3.8) is 0 Å². The van der Waals surface area contributed by atoms with E-state index in [0.717, 1.165) is 44.6 Å². The van der Waals surface area contributed by atoms with Gasteiger partial charge in [0.15, 0.2) is 5.82 Å². The second-order valence-corrected chi connectivity index (χ2v) is 5.44. The quantitative estimate of drug-likeness (QED) is 0.860. The first-order valence-electron chi connectivity index (χ1n) is 7.58. The zero-order valence-corrected chi connectivity index (χ0v) is 12.6. The van der Waals surface area contributed by atoms with Crippen molar-refractivity contribution < 1.29 is 4.79 Å². The number of anilines is 1. The second kappa shape index (κ2) is 6.83. The van der Waals surface area contributed by atoms with Gasteiger partial charge in [-0.25, -0.2) is 4.68 Å². The van der Waals surface area contributed by atoms with Crippen LogP contribution in [0.15, 0.2) is 0 Å². The molecule has 1 amide bonds. The molecule has 2 N–H and O–H groups in total. The minimum absolute atomic E-state index is 0.0439. The van der Waals surface area contributed by atoms with Crippen molar-refractivity contribution in [3.05, 3.63) is 5.82 Å². The number of aryl methyl sites for hydroxylation is 1. The van der Waals surface area contributed by atoms with Crippen molar-refractivity contribution in [2.45, 2.75) is 45.4 Å². The Balaban J connectivity index is 2.05. The highest BCUT2D eigenvalue weighted by Gasteiger charge is 2.22. The maximum absolute atomic E-state index is 12.1. The van der Waals surface area contributed by atoms with E-state index in [2.05, 4.69) is 20.7 Å². The van der Waals surface area contributed by atoms with E-state index in [9.17, 15) is 4.79 Å². The summed E-state index contributed by atoms with van der Waals surface area (Å²) in [5, 5.41) is 10.7. The molecule has 2 heterocycles. The Bertz CT molecular complexity index is 446. The number of nitrogens with one attached hydrogen (secondary N) is 2. The van der Waals surface area contributed by atoms with Crippen LogP contribution in [0.2, 0.25) is 0 Å². The van der Waals surface area contributed by atoms with Gasteiger partial charge in [0.1, 0.15) is 0 Å². The monoisotopic (exact) mass is 279 g/mol. The van der Waals surface area contributed by atoms with E-state index >= 15 is 0 Å². The summed E-state index contributed by atoms with van der Waals surface area (Å²) < 4.78 is 1.68. The van der Waals surface area contributed by atoms with E-state index < -0.39 is 0 Å². The molecule has 112 valence electrons. The summed E-state index contributed by atoms with van der Waals surface area (Å²) >= 11 is 0. The molecule has 1 aliphatic heterocycles. The van der Waals surface area contributed by atoms with Gasteiger partial charge >= 0.3 is 0 Å². The molecule has 0 radical (unpaired) electrons. The number of aromatic nitrogens is 3. The van der Waals surface area contributed by atoms with Crippen LogP contribution in [0, 0.1) is 5.92 Å². The lowest BCUT2D eigenvalue weighted by atomic mass is 9.98. The number of hydrogen-bond donors (Lipinski definition) is 2. The zero-order chi connectivity index (χ0) is 14.5. The molecule has 20 heavy (non-hydrogen) atoms. The van der Waals surface area contributed by atoms with Crippen LogP contribution in [0.25, 0.3) is 0 Å². The molecule has 6 heteroatoms. The van der Waals surface area contributed by atoms with Gasteiger partial charge in [0, 0.05) is 18.9 Å². The summed E-state index contributed by atoms with van der Waals surface area (Å²) in [5.74, 6) is 1.92. The van der Waals surface area contributed by atoms with Crippen molar-refractivity contribution in [1.82, 2.24) is 20.1 Å². The van der Waals surface area contributed by atoms with Crippen LogP contribution < -0.4 is 10.6 Å². The lowest BCUT2D eigenvalue weighted by molar-refractivity contribution is -0.120. The fraction of sp³-hybridized carbons (Fsp3) is 0.786. The van der Waals surface area contributed by atoms with E-state index in [0.29, 0.717) is 11.9 Å². The standard InChI is InChI=1S/C14H25N5O/c1-4-10(5-2)13(20)17-14-16-12(18-19(14)3)11-6-8-15-9-7-11/h10-11,15H,4-9H2,1-3H3,(H,16,17,18,20). The number of amides is 1. The average Bonchev–Trinajstić information content (AvgIpc) is 2.82. The van der Waals surface area contributed by atoms with E-state index in [4.69, 9.17) is 0 Å². The molecule has 0 bridgehead atoms. The van der Waals surface area contributed by atoms with Crippen molar-refractivity contribution in [1.29, 1.82) is 0 Å². The summed E-state index contributed by atoms with van der Waals surface area (Å²) in [5.41, 5.74) is 0. The highest BCUT2D eigenvalue weighted by atomic mass is 16.2. The predicted octanol–water partition coefficient (Wildman–Crippen LogP) is 1.66. The highest BCUT2D eigenvalue weighted by molar-refractivity contribution is 5.90. The minimum Gasteiger partial charge on any atom is -0.317 e. The average molecular weight is 279 g/mol. The number of piperidine rings is 1. The first-order chi connectivity index (χ1) is 9.65. The molecule has 0 atom stereocenters. The van der Waals surface area contributed by atoms with Crippen molar-refractivity contribution in [2.75, 3.05) is 18.4 Å². The number of hydrogen-bond acceptors (Lipinski definition) is 4. The number of nitrogens with zero attached hydrogens (tertiary/aromatic N) is 3. The third-order valence-electron chi connectivity index (χ3n) is 4.08. The van der Waals surface area contributed by atoms with E-state index in [1.54, 1.807) is 4.68 Å². The van der Waals surface area contributed by atoms with Gasteiger partial charge in [0.2, 0.25) is 11.9 Å². The summed E-state index contributed by atoms with van der Waals surface area (Å²) in [6.07, 6.45) is 3.82. The largest absolute Gasteiger partial charge is 0.317 e. The van der Waals surface area contributed by atoms with Gasteiger partial charge < -0.3 is 5.32 Å². The molecule has 0 unspecified atom stereocenters. The summed E-state index contributed by atoms with van der Waals surface area (Å²) in [6, 6.07) is 0. The molecule has 1 fully saturated rings. The summed E-state index contributed by atoms with van der Waals surface area (Å²) in [7, 11) is 1.83. The third kappa shape index (κ3) is 3.36. The smallest absolute Gasteiger partial charge is 0.229 e. The molecule has 1 saturated heterocycles. The van der Waals surface area contributed by atoms with Gasteiger partial charge in [-0.2, -0.15) is 10.1 Å². The maximum atomic E-state index is 12.1. The van der Waals surface area contributed by atoms with Gasteiger partial charge in [-0.15, -0.1) is 0 Å². The van der Waals surface area contributed by atoms with E-state index in [-0.39, 0.29) is 11.8 Å². The predicted molar refractivity (Wildman–Crippen MR) is 78.5 cm³/mol. The van der Waals surface area contributed by atoms with Crippen molar-refractivity contribution in [2.24, 2.45) is 13.0 Å². The molecule has 0 aliphatic carbocycles. The Morgan fingerprint density at radius 3 is 2.65 bits per heavy atom. The molecule has 1 aromatic heterocycles. The number of carbonyl (C=O) groups excluding carboxylic acids is 1. The van der Waals surface area contributed by atoms with Gasteiger partial charge in [-0.1, -0.05) is 13.8 Å². The SMILES string of the molecule is CCC(CC)C(=O)Nc1nc(C2CCNCC2)nn1C. The van der Waals surface area contributed by atoms with Gasteiger partial charge in [0.25, 0.3) is 0 Å². The Labute approximate surface area is 120 Å². The molecule has 2 rings (SSSR count). The Morgan fingerprint density at radius 1 is 1.40 bits per heavy atom. The first kappa shape index (κ1) is 15.0. The second-order valence-electron chi connectivity index (χ2n) is 5.44. The fourth-order valence-corrected chi connectivity index (χ4v) is 2.64. The molecule has 0 spiro atoms. The van der Waals surface area contributed by atoms with Crippen LogP contribution in [0.4, 0.5) is 5.95 Å². The van der Waals surface area contributed by atoms with E-state index in [1.165, 1.54) is 0 Å². The molecule has 6 nitrogen and oxygen atoms in total. The van der Waals surface area contributed by atoms with Crippen LogP contribution in [-0.2, 0) is 11.8 Å². The van der Waals surface area contributed by atoms with Crippen LogP contribution in [0.3, 0.4) is 0 Å². The Morgan fingerprint density at radius 2 is 2.05 bits per heavy atom. The Hall–Kier alpha value is -1.43. The van der Waals surface area contributed by atoms with Crippen molar-refractivity contribution >= 4 is 11.9 Å². The highest BCUT2D eigenvalue weighted by Crippen LogP contribution is 2.23. The fourth-order valence-electron chi connectivity index (χ4n) is 2.64.